The Morgan fingerprint density at radius 3 is 2.30 bits per heavy atom. The molecule has 27 heavy (non-hydrogen) atoms. The molecule has 0 spiro atoms. The normalized spacial score (nSPS) is 17.7. The number of carbonyl (C=O) groups excluding carboxylic acids is 2. The summed E-state index contributed by atoms with van der Waals surface area (Å²) in [6, 6.07) is 4.63. The van der Waals surface area contributed by atoms with Crippen LogP contribution in [0.1, 0.15) is 36.5 Å². The molecule has 152 valence electrons. The Hall–Kier alpha value is -1.37. The predicted molar refractivity (Wildman–Crippen MR) is 110 cm³/mol. The molecule has 2 aliphatic heterocycles. The summed E-state index contributed by atoms with van der Waals surface area (Å²) in [5.74, 6) is 0.197. The quantitative estimate of drug-likeness (QED) is 0.762. The first-order valence-electron chi connectivity index (χ1n) is 9.08. The van der Waals surface area contributed by atoms with Crippen LogP contribution in [0.15, 0.2) is 18.2 Å². The highest BCUT2D eigenvalue weighted by Gasteiger charge is 2.25. The Morgan fingerprint density at radius 2 is 1.74 bits per heavy atom. The van der Waals surface area contributed by atoms with Gasteiger partial charge in [0, 0.05) is 38.2 Å². The molecule has 0 atom stereocenters. The van der Waals surface area contributed by atoms with Crippen molar-refractivity contribution in [1.82, 2.24) is 10.2 Å². The third-order valence-electron chi connectivity index (χ3n) is 5.25. The van der Waals surface area contributed by atoms with Gasteiger partial charge in [-0.3, -0.25) is 9.59 Å². The number of carbonyl (C=O) groups is 2. The van der Waals surface area contributed by atoms with Crippen LogP contribution in [0.3, 0.4) is 0 Å². The van der Waals surface area contributed by atoms with Crippen molar-refractivity contribution in [2.24, 2.45) is 5.92 Å². The number of halogens is 3. The fourth-order valence-electron chi connectivity index (χ4n) is 3.64. The van der Waals surface area contributed by atoms with E-state index in [1.807, 2.05) is 9.80 Å². The molecule has 1 N–H and O–H groups in total. The van der Waals surface area contributed by atoms with E-state index in [0.29, 0.717) is 49.8 Å². The first-order chi connectivity index (χ1) is 12.0. The fourth-order valence-corrected chi connectivity index (χ4v) is 3.64. The van der Waals surface area contributed by atoms with Gasteiger partial charge in [-0.2, -0.15) is 0 Å². The third-order valence-corrected chi connectivity index (χ3v) is 5.25. The van der Waals surface area contributed by atoms with E-state index in [4.69, 9.17) is 0 Å². The molecular formula is C19H28Cl2FN3O2. The molecule has 8 heteroatoms. The van der Waals surface area contributed by atoms with Gasteiger partial charge >= 0.3 is 0 Å². The van der Waals surface area contributed by atoms with Gasteiger partial charge in [-0.25, -0.2) is 4.39 Å². The van der Waals surface area contributed by atoms with Crippen molar-refractivity contribution in [3.63, 3.8) is 0 Å². The number of hydrogen-bond acceptors (Lipinski definition) is 4. The van der Waals surface area contributed by atoms with E-state index in [1.165, 1.54) is 13.0 Å². The van der Waals surface area contributed by atoms with Crippen LogP contribution < -0.4 is 10.2 Å². The molecule has 2 fully saturated rings. The molecule has 1 amide bonds. The van der Waals surface area contributed by atoms with Crippen LogP contribution in [-0.4, -0.2) is 55.9 Å². The molecule has 2 aliphatic rings. The Balaban J connectivity index is 0.00000182. The smallest absolute Gasteiger partial charge is 0.222 e. The van der Waals surface area contributed by atoms with Crippen molar-refractivity contribution in [3.8, 4) is 0 Å². The molecule has 2 heterocycles. The van der Waals surface area contributed by atoms with E-state index in [9.17, 15) is 14.0 Å². The summed E-state index contributed by atoms with van der Waals surface area (Å²) >= 11 is 0. The maximum atomic E-state index is 14.3. The average molecular weight is 420 g/mol. The Kier molecular flexibility index (Phi) is 9.50. The highest BCUT2D eigenvalue weighted by Crippen LogP contribution is 2.23. The van der Waals surface area contributed by atoms with Crippen LogP contribution in [-0.2, 0) is 4.79 Å². The van der Waals surface area contributed by atoms with Crippen LogP contribution in [0.5, 0.6) is 0 Å². The van der Waals surface area contributed by atoms with Crippen molar-refractivity contribution in [2.75, 3.05) is 44.2 Å². The van der Waals surface area contributed by atoms with Crippen molar-refractivity contribution in [2.45, 2.75) is 26.2 Å². The second-order valence-electron chi connectivity index (χ2n) is 6.99. The Labute approximate surface area is 172 Å². The second kappa shape index (κ2) is 10.8. The lowest BCUT2D eigenvalue weighted by molar-refractivity contribution is -0.132. The molecule has 1 aromatic carbocycles. The molecule has 0 saturated carbocycles. The molecule has 2 saturated heterocycles. The fraction of sp³-hybridized carbons (Fsp3) is 0.579. The van der Waals surface area contributed by atoms with Crippen molar-refractivity contribution < 1.29 is 14.0 Å². The van der Waals surface area contributed by atoms with Crippen molar-refractivity contribution >= 4 is 42.2 Å². The van der Waals surface area contributed by atoms with Crippen LogP contribution in [0.25, 0.3) is 0 Å². The lowest BCUT2D eigenvalue weighted by atomic mass is 9.94. The number of piperidine rings is 1. The molecule has 1 aromatic rings. The number of ketones is 1. The largest absolute Gasteiger partial charge is 0.366 e. The SMILES string of the molecule is CC(=O)c1ccc(N2CCN(C(=O)CC3CCNCC3)CC2)c(F)c1.Cl.Cl. The molecule has 0 bridgehead atoms. The van der Waals surface area contributed by atoms with E-state index in [1.54, 1.807) is 12.1 Å². The zero-order chi connectivity index (χ0) is 17.8. The van der Waals surface area contributed by atoms with Gasteiger partial charge in [0.2, 0.25) is 5.91 Å². The number of Topliss-reactive ketones (excluding diaryl/α,β-unsaturated/α-hetero) is 1. The van der Waals surface area contributed by atoms with E-state index < -0.39 is 0 Å². The summed E-state index contributed by atoms with van der Waals surface area (Å²) in [4.78, 5) is 27.7. The van der Waals surface area contributed by atoms with Crippen LogP contribution in [0.4, 0.5) is 10.1 Å². The topological polar surface area (TPSA) is 52.7 Å². The maximum absolute atomic E-state index is 14.3. The summed E-state index contributed by atoms with van der Waals surface area (Å²) in [5, 5.41) is 3.32. The number of piperazine rings is 1. The lowest BCUT2D eigenvalue weighted by Crippen LogP contribution is -2.49. The summed E-state index contributed by atoms with van der Waals surface area (Å²) < 4.78 is 14.3. The van der Waals surface area contributed by atoms with Gasteiger partial charge in [0.05, 0.1) is 5.69 Å². The minimum Gasteiger partial charge on any atom is -0.366 e. The van der Waals surface area contributed by atoms with Gasteiger partial charge in [-0.1, -0.05) is 0 Å². The molecule has 0 aromatic heterocycles. The van der Waals surface area contributed by atoms with Crippen LogP contribution in [0.2, 0.25) is 0 Å². The Morgan fingerprint density at radius 1 is 1.11 bits per heavy atom. The standard InChI is InChI=1S/C19H26FN3O2.2ClH/c1-14(24)16-2-3-18(17(20)13-16)22-8-10-23(11-9-22)19(25)12-15-4-6-21-7-5-15;;/h2-3,13,15,21H,4-12H2,1H3;2*1H. The van der Waals surface area contributed by atoms with E-state index in [-0.39, 0.29) is 42.3 Å². The minimum atomic E-state index is -0.373. The Bertz CT molecular complexity index is 646. The van der Waals surface area contributed by atoms with Gasteiger partial charge < -0.3 is 15.1 Å². The predicted octanol–water partition coefficient (Wildman–Crippen LogP) is 2.91. The monoisotopic (exact) mass is 419 g/mol. The minimum absolute atomic E-state index is 0. The van der Waals surface area contributed by atoms with E-state index in [2.05, 4.69) is 5.32 Å². The summed E-state index contributed by atoms with van der Waals surface area (Å²) in [6.07, 6.45) is 2.77. The number of hydrogen-bond donors (Lipinski definition) is 1. The highest BCUT2D eigenvalue weighted by atomic mass is 35.5. The molecule has 0 aliphatic carbocycles. The molecular weight excluding hydrogens is 392 g/mol. The zero-order valence-corrected chi connectivity index (χ0v) is 17.2. The first kappa shape index (κ1) is 23.7. The maximum Gasteiger partial charge on any atom is 0.222 e. The molecule has 0 unspecified atom stereocenters. The summed E-state index contributed by atoms with van der Waals surface area (Å²) in [5.41, 5.74) is 0.896. The third kappa shape index (κ3) is 6.06. The number of anilines is 1. The molecule has 0 radical (unpaired) electrons. The van der Waals surface area contributed by atoms with E-state index >= 15 is 0 Å². The van der Waals surface area contributed by atoms with Crippen LogP contribution >= 0.6 is 24.8 Å². The van der Waals surface area contributed by atoms with Gasteiger partial charge in [0.25, 0.3) is 0 Å². The zero-order valence-electron chi connectivity index (χ0n) is 15.6. The number of rotatable bonds is 4. The summed E-state index contributed by atoms with van der Waals surface area (Å²) in [7, 11) is 0. The van der Waals surface area contributed by atoms with Crippen molar-refractivity contribution in [1.29, 1.82) is 0 Å². The molecule has 3 rings (SSSR count). The number of nitrogens with one attached hydrogen (secondary N) is 1. The second-order valence-corrected chi connectivity index (χ2v) is 6.99. The van der Waals surface area contributed by atoms with Gasteiger partial charge in [-0.15, -0.1) is 24.8 Å². The number of benzene rings is 1. The lowest BCUT2D eigenvalue weighted by Gasteiger charge is -2.37. The number of amides is 1. The van der Waals surface area contributed by atoms with E-state index in [0.717, 1.165) is 25.9 Å². The average Bonchev–Trinajstić information content (AvgIpc) is 2.62. The van der Waals surface area contributed by atoms with Crippen LogP contribution in [0, 0.1) is 11.7 Å². The first-order valence-corrected chi connectivity index (χ1v) is 9.08. The van der Waals surface area contributed by atoms with Gasteiger partial charge in [0.1, 0.15) is 5.82 Å². The summed E-state index contributed by atoms with van der Waals surface area (Å²) in [6.45, 7) is 5.92. The van der Waals surface area contributed by atoms with Crippen molar-refractivity contribution in [3.05, 3.63) is 29.6 Å². The number of nitrogens with zero attached hydrogens (tertiary/aromatic N) is 2. The van der Waals surface area contributed by atoms with Gasteiger partial charge in [0.15, 0.2) is 5.78 Å². The highest BCUT2D eigenvalue weighted by molar-refractivity contribution is 5.94. The van der Waals surface area contributed by atoms with Gasteiger partial charge in [-0.05, 0) is 57.0 Å². The molecule has 5 nitrogen and oxygen atoms in total.